The van der Waals surface area contributed by atoms with E-state index in [0.29, 0.717) is 32.0 Å². The molecule has 0 aliphatic heterocycles. The minimum Gasteiger partial charge on any atom is -0.394 e. The highest BCUT2D eigenvalue weighted by atomic mass is 79.9. The number of amides is 1. The van der Waals surface area contributed by atoms with Gasteiger partial charge < -0.3 is 10.2 Å². The summed E-state index contributed by atoms with van der Waals surface area (Å²) < 4.78 is 1.68. The summed E-state index contributed by atoms with van der Waals surface area (Å²) in [6, 6.07) is 12.2. The van der Waals surface area contributed by atoms with Crippen molar-refractivity contribution in [2.75, 3.05) is 11.9 Å². The Morgan fingerprint density at radius 1 is 1.16 bits per heavy atom. The molecule has 164 valence electrons. The number of aliphatic hydroxyl groups is 2. The molecule has 2 heterocycles. The Bertz CT molecular complexity index is 1260. The van der Waals surface area contributed by atoms with Crippen LogP contribution >= 0.6 is 50.5 Å². The molecule has 2 aromatic heterocycles. The molecule has 2 aromatic carbocycles. The molecule has 0 unspecified atom stereocenters. The Labute approximate surface area is 206 Å². The minimum atomic E-state index is -0.856. The monoisotopic (exact) mass is 551 g/mol. The Morgan fingerprint density at radius 3 is 2.59 bits per heavy atom. The predicted molar refractivity (Wildman–Crippen MR) is 132 cm³/mol. The Balaban J connectivity index is 1.49. The van der Waals surface area contributed by atoms with Crippen molar-refractivity contribution in [1.29, 1.82) is 0 Å². The molecule has 0 aliphatic carbocycles. The average molecular weight is 553 g/mol. The molecule has 0 spiro atoms. The Hall–Kier alpha value is -2.07. The second kappa shape index (κ2) is 9.82. The first-order valence-corrected chi connectivity index (χ1v) is 11.8. The van der Waals surface area contributed by atoms with E-state index in [9.17, 15) is 9.90 Å². The zero-order valence-electron chi connectivity index (χ0n) is 16.3. The van der Waals surface area contributed by atoms with Crippen LogP contribution in [0.4, 0.5) is 5.13 Å². The van der Waals surface area contributed by atoms with Crippen molar-refractivity contribution in [1.82, 2.24) is 9.97 Å². The summed E-state index contributed by atoms with van der Waals surface area (Å²) in [4.78, 5) is 21.4. The molecule has 0 fully saturated rings. The molecular weight excluding hydrogens is 537 g/mol. The summed E-state index contributed by atoms with van der Waals surface area (Å²) in [6.45, 7) is -0.328. The normalized spacial score (nSPS) is 12.2. The van der Waals surface area contributed by atoms with Crippen LogP contribution in [-0.4, -0.2) is 38.8 Å². The number of anilines is 1. The van der Waals surface area contributed by atoms with E-state index in [-0.39, 0.29) is 18.9 Å². The van der Waals surface area contributed by atoms with Gasteiger partial charge in [0.05, 0.1) is 38.7 Å². The molecule has 0 radical (unpaired) electrons. The zero-order valence-corrected chi connectivity index (χ0v) is 20.3. The number of fused-ring (bicyclic) bond motifs is 1. The number of halogens is 3. The van der Waals surface area contributed by atoms with Gasteiger partial charge in [0.15, 0.2) is 5.13 Å². The largest absolute Gasteiger partial charge is 0.394 e. The van der Waals surface area contributed by atoms with Crippen LogP contribution in [0, 0.1) is 0 Å². The molecule has 6 nitrogen and oxygen atoms in total. The Morgan fingerprint density at radius 2 is 1.91 bits per heavy atom. The van der Waals surface area contributed by atoms with E-state index in [0.717, 1.165) is 20.3 Å². The molecule has 0 aliphatic rings. The average Bonchev–Trinajstić information content (AvgIpc) is 3.15. The van der Waals surface area contributed by atoms with Crippen molar-refractivity contribution in [2.45, 2.75) is 12.5 Å². The number of benzene rings is 2. The fourth-order valence-electron chi connectivity index (χ4n) is 3.06. The van der Waals surface area contributed by atoms with E-state index in [1.807, 2.05) is 6.07 Å². The number of hydrogen-bond donors (Lipinski definition) is 3. The highest BCUT2D eigenvalue weighted by Crippen LogP contribution is 2.33. The SMILES string of the molecule is O=C(Nc1nc2cc(Cl)c(Br)cc2s1)c1ccc(-c2ncc(C[C@@H](O)CO)cc2Cl)cc1. The maximum atomic E-state index is 12.6. The van der Waals surface area contributed by atoms with E-state index in [1.165, 1.54) is 11.3 Å². The molecule has 0 saturated heterocycles. The van der Waals surface area contributed by atoms with E-state index < -0.39 is 6.10 Å². The molecule has 0 bridgehead atoms. The lowest BCUT2D eigenvalue weighted by atomic mass is 10.1. The number of rotatable bonds is 6. The lowest BCUT2D eigenvalue weighted by molar-refractivity contribution is 0.0954. The maximum Gasteiger partial charge on any atom is 0.257 e. The van der Waals surface area contributed by atoms with Crippen molar-refractivity contribution in [3.63, 3.8) is 0 Å². The lowest BCUT2D eigenvalue weighted by Crippen LogP contribution is -2.15. The zero-order chi connectivity index (χ0) is 22.8. The minimum absolute atomic E-state index is 0.261. The number of carbonyl (C=O) groups excluding carboxylic acids is 1. The van der Waals surface area contributed by atoms with Gasteiger partial charge in [-0.3, -0.25) is 15.1 Å². The second-order valence-electron chi connectivity index (χ2n) is 7.00. The first-order chi connectivity index (χ1) is 15.3. The second-order valence-corrected chi connectivity index (χ2v) is 9.70. The third-order valence-electron chi connectivity index (χ3n) is 4.65. The summed E-state index contributed by atoms with van der Waals surface area (Å²) >= 11 is 17.2. The molecular formula is C22H16BrCl2N3O3S. The van der Waals surface area contributed by atoms with Crippen LogP contribution in [0.25, 0.3) is 21.5 Å². The predicted octanol–water partition coefficient (Wildman–Crippen LogP) is 5.58. The van der Waals surface area contributed by atoms with Crippen LogP contribution in [0.15, 0.2) is 53.1 Å². The van der Waals surface area contributed by atoms with Gasteiger partial charge in [0, 0.05) is 28.2 Å². The third kappa shape index (κ3) is 5.11. The quantitative estimate of drug-likeness (QED) is 0.290. The van der Waals surface area contributed by atoms with Crippen molar-refractivity contribution in [2.24, 2.45) is 0 Å². The molecule has 1 amide bonds. The number of pyridine rings is 1. The van der Waals surface area contributed by atoms with Crippen molar-refractivity contribution in [3.8, 4) is 11.3 Å². The molecule has 10 heteroatoms. The van der Waals surface area contributed by atoms with Gasteiger partial charge in [-0.15, -0.1) is 0 Å². The molecule has 4 rings (SSSR count). The van der Waals surface area contributed by atoms with Crippen LogP contribution in [0.2, 0.25) is 10.0 Å². The number of nitrogens with zero attached hydrogens (tertiary/aromatic N) is 2. The Kier molecular flexibility index (Phi) is 7.09. The van der Waals surface area contributed by atoms with Crippen LogP contribution in [0.5, 0.6) is 0 Å². The van der Waals surface area contributed by atoms with E-state index in [4.69, 9.17) is 28.3 Å². The van der Waals surface area contributed by atoms with Crippen LogP contribution in [-0.2, 0) is 6.42 Å². The van der Waals surface area contributed by atoms with Crippen LogP contribution in [0.3, 0.4) is 0 Å². The fourth-order valence-corrected chi connectivity index (χ4v) is 4.90. The lowest BCUT2D eigenvalue weighted by Gasteiger charge is -2.10. The van der Waals surface area contributed by atoms with Gasteiger partial charge in [-0.2, -0.15) is 0 Å². The van der Waals surface area contributed by atoms with Crippen molar-refractivity contribution < 1.29 is 15.0 Å². The first-order valence-electron chi connectivity index (χ1n) is 9.44. The standard InChI is InChI=1S/C22H16BrCl2N3O3S/c23-15-7-19-18(8-16(15)24)27-22(32-19)28-21(31)13-3-1-12(2-4-13)20-17(25)6-11(9-26-20)5-14(30)10-29/h1-4,6-9,14,29-30H,5,10H2,(H,27,28,31)/t14-/m1/s1. The van der Waals surface area contributed by atoms with Gasteiger partial charge in [0.2, 0.25) is 0 Å². The number of aliphatic hydroxyl groups excluding tert-OH is 2. The number of thiazole rings is 1. The summed E-state index contributed by atoms with van der Waals surface area (Å²) in [5.41, 5.74) is 3.21. The summed E-state index contributed by atoms with van der Waals surface area (Å²) in [5, 5.41) is 22.8. The van der Waals surface area contributed by atoms with Crippen LogP contribution < -0.4 is 5.32 Å². The fraction of sp³-hybridized carbons (Fsp3) is 0.136. The maximum absolute atomic E-state index is 12.6. The molecule has 4 aromatic rings. The summed E-state index contributed by atoms with van der Waals surface area (Å²) in [6.07, 6.45) is 1.01. The van der Waals surface area contributed by atoms with Gasteiger partial charge in [0.1, 0.15) is 0 Å². The highest BCUT2D eigenvalue weighted by molar-refractivity contribution is 9.10. The number of aromatic nitrogens is 2. The smallest absolute Gasteiger partial charge is 0.257 e. The molecule has 0 saturated carbocycles. The number of nitrogens with one attached hydrogen (secondary N) is 1. The van der Waals surface area contributed by atoms with Crippen molar-refractivity contribution >= 4 is 71.7 Å². The topological polar surface area (TPSA) is 95.3 Å². The van der Waals surface area contributed by atoms with E-state index in [1.54, 1.807) is 42.6 Å². The molecule has 32 heavy (non-hydrogen) atoms. The first kappa shape index (κ1) is 23.1. The van der Waals surface area contributed by atoms with Gasteiger partial charge in [-0.05, 0) is 51.8 Å². The van der Waals surface area contributed by atoms with Gasteiger partial charge >= 0.3 is 0 Å². The van der Waals surface area contributed by atoms with Crippen LogP contribution in [0.1, 0.15) is 15.9 Å². The number of carbonyl (C=O) groups is 1. The van der Waals surface area contributed by atoms with Crippen molar-refractivity contribution in [3.05, 3.63) is 74.3 Å². The molecule has 1 atom stereocenters. The highest BCUT2D eigenvalue weighted by Gasteiger charge is 2.13. The summed E-state index contributed by atoms with van der Waals surface area (Å²) in [5.74, 6) is -0.284. The third-order valence-corrected chi connectivity index (χ3v) is 7.07. The van der Waals surface area contributed by atoms with Gasteiger partial charge in [-0.25, -0.2) is 4.98 Å². The molecule has 3 N–H and O–H groups in total. The summed E-state index contributed by atoms with van der Waals surface area (Å²) in [7, 11) is 0. The van der Waals surface area contributed by atoms with E-state index in [2.05, 4.69) is 31.2 Å². The number of hydrogen-bond acceptors (Lipinski definition) is 6. The van der Waals surface area contributed by atoms with E-state index >= 15 is 0 Å². The van der Waals surface area contributed by atoms with Gasteiger partial charge in [0.25, 0.3) is 5.91 Å². The van der Waals surface area contributed by atoms with Gasteiger partial charge in [-0.1, -0.05) is 46.7 Å².